The largest absolute Gasteiger partial charge is 0.484 e. The molecule has 0 bridgehead atoms. The van der Waals surface area contributed by atoms with E-state index < -0.39 is 0 Å². The van der Waals surface area contributed by atoms with E-state index in [0.29, 0.717) is 17.4 Å². The van der Waals surface area contributed by atoms with Crippen molar-refractivity contribution in [2.24, 2.45) is 0 Å². The molecule has 0 saturated heterocycles. The van der Waals surface area contributed by atoms with Gasteiger partial charge >= 0.3 is 0 Å². The van der Waals surface area contributed by atoms with Crippen molar-refractivity contribution in [2.45, 2.75) is 6.92 Å². The van der Waals surface area contributed by atoms with Crippen LogP contribution in [0.5, 0.6) is 5.75 Å². The highest BCUT2D eigenvalue weighted by atomic mass is 16.5. The van der Waals surface area contributed by atoms with Crippen molar-refractivity contribution in [3.8, 4) is 5.75 Å². The third kappa shape index (κ3) is 5.04. The summed E-state index contributed by atoms with van der Waals surface area (Å²) in [4.78, 5) is 11.9. The Morgan fingerprint density at radius 3 is 2.44 bits per heavy atom. The second kappa shape index (κ2) is 7.92. The van der Waals surface area contributed by atoms with E-state index in [9.17, 15) is 4.79 Å². The first-order chi connectivity index (χ1) is 12.2. The molecule has 0 aliphatic carbocycles. The molecule has 0 aliphatic rings. The van der Waals surface area contributed by atoms with E-state index in [4.69, 9.17) is 4.74 Å². The van der Waals surface area contributed by atoms with E-state index in [1.54, 1.807) is 24.3 Å². The molecule has 2 N–H and O–H groups in total. The summed E-state index contributed by atoms with van der Waals surface area (Å²) in [6, 6.07) is 20.5. The number of ether oxygens (including phenoxy) is 1. The van der Waals surface area contributed by atoms with E-state index in [-0.39, 0.29) is 12.5 Å². The third-order valence-corrected chi connectivity index (χ3v) is 3.34. The highest BCUT2D eigenvalue weighted by molar-refractivity contribution is 5.90. The van der Waals surface area contributed by atoms with Gasteiger partial charge in [-0.2, -0.15) is 0 Å². The summed E-state index contributed by atoms with van der Waals surface area (Å²) in [6.45, 7) is 1.93. The number of amides is 1. The number of para-hydroxylation sites is 1. The number of rotatable bonds is 6. The molecule has 0 spiro atoms. The monoisotopic (exact) mass is 334 g/mol. The molecule has 0 atom stereocenters. The Hall–Kier alpha value is -3.41. The first-order valence-corrected chi connectivity index (χ1v) is 7.84. The molecule has 3 aromatic rings. The average molecular weight is 334 g/mol. The van der Waals surface area contributed by atoms with Crippen LogP contribution in [-0.2, 0) is 4.79 Å². The van der Waals surface area contributed by atoms with Crippen LogP contribution in [-0.4, -0.2) is 22.7 Å². The summed E-state index contributed by atoms with van der Waals surface area (Å²) in [5, 5.41) is 13.9. The maximum absolute atomic E-state index is 11.9. The van der Waals surface area contributed by atoms with Crippen LogP contribution in [0, 0.1) is 6.92 Å². The molecule has 126 valence electrons. The molecule has 25 heavy (non-hydrogen) atoms. The van der Waals surface area contributed by atoms with Crippen molar-refractivity contribution in [3.63, 3.8) is 0 Å². The van der Waals surface area contributed by atoms with E-state index in [1.807, 2.05) is 49.4 Å². The van der Waals surface area contributed by atoms with Gasteiger partial charge in [-0.25, -0.2) is 0 Å². The van der Waals surface area contributed by atoms with E-state index in [0.717, 1.165) is 11.3 Å². The lowest BCUT2D eigenvalue weighted by molar-refractivity contribution is -0.118. The smallest absolute Gasteiger partial charge is 0.263 e. The highest BCUT2D eigenvalue weighted by Gasteiger charge is 2.05. The third-order valence-electron chi connectivity index (χ3n) is 3.34. The molecule has 0 unspecified atom stereocenters. The zero-order valence-corrected chi connectivity index (χ0v) is 13.8. The number of hydrogen-bond acceptors (Lipinski definition) is 5. The lowest BCUT2D eigenvalue weighted by Gasteiger charge is -2.08. The molecule has 0 saturated carbocycles. The minimum atomic E-state index is -0.294. The van der Waals surface area contributed by atoms with Gasteiger partial charge in [-0.15, -0.1) is 10.2 Å². The Labute approximate surface area is 145 Å². The van der Waals surface area contributed by atoms with Crippen molar-refractivity contribution in [1.82, 2.24) is 10.2 Å². The molecule has 6 nitrogen and oxygen atoms in total. The Morgan fingerprint density at radius 2 is 1.72 bits per heavy atom. The van der Waals surface area contributed by atoms with Crippen LogP contribution in [0.3, 0.4) is 0 Å². The number of nitrogens with zero attached hydrogens (tertiary/aromatic N) is 2. The summed E-state index contributed by atoms with van der Waals surface area (Å²) in [5.41, 5.74) is 2.09. The van der Waals surface area contributed by atoms with Crippen LogP contribution >= 0.6 is 0 Å². The first-order valence-electron chi connectivity index (χ1n) is 7.84. The zero-order chi connectivity index (χ0) is 17.5. The van der Waals surface area contributed by atoms with E-state index in [1.165, 1.54) is 0 Å². The van der Waals surface area contributed by atoms with Crippen LogP contribution in [0.4, 0.5) is 17.3 Å². The molecule has 1 amide bonds. The van der Waals surface area contributed by atoms with Gasteiger partial charge in [-0.05, 0) is 48.9 Å². The molecule has 1 aromatic heterocycles. The van der Waals surface area contributed by atoms with Gasteiger partial charge in [-0.3, -0.25) is 4.79 Å². The van der Waals surface area contributed by atoms with Crippen LogP contribution in [0.2, 0.25) is 0 Å². The number of benzene rings is 2. The number of anilines is 3. The number of aryl methyl sites for hydroxylation is 1. The standard InChI is InChI=1S/C19H18N4O2/c1-14-6-5-7-15(12-14)20-17-10-11-18(23-22-17)21-19(24)13-25-16-8-3-2-4-9-16/h2-12H,13H2,1H3,(H,20,22)(H,21,23,24). The quantitative estimate of drug-likeness (QED) is 0.721. The fraction of sp³-hybridized carbons (Fsp3) is 0.105. The fourth-order valence-corrected chi connectivity index (χ4v) is 2.18. The van der Waals surface area contributed by atoms with Crippen molar-refractivity contribution < 1.29 is 9.53 Å². The number of nitrogens with one attached hydrogen (secondary N) is 2. The number of aromatic nitrogens is 2. The van der Waals surface area contributed by atoms with Gasteiger partial charge in [0.15, 0.2) is 18.2 Å². The van der Waals surface area contributed by atoms with Crippen molar-refractivity contribution in [1.29, 1.82) is 0 Å². The highest BCUT2D eigenvalue weighted by Crippen LogP contribution is 2.16. The minimum absolute atomic E-state index is 0.0883. The second-order valence-corrected chi connectivity index (χ2v) is 5.45. The molecule has 0 fully saturated rings. The van der Waals surface area contributed by atoms with Crippen LogP contribution in [0.1, 0.15) is 5.56 Å². The number of carbonyl (C=O) groups is 1. The molecule has 3 rings (SSSR count). The predicted molar refractivity (Wildman–Crippen MR) is 97.1 cm³/mol. The maximum atomic E-state index is 11.9. The van der Waals surface area contributed by atoms with Crippen molar-refractivity contribution in [3.05, 3.63) is 72.3 Å². The maximum Gasteiger partial charge on any atom is 0.263 e. The molecule has 6 heteroatoms. The Morgan fingerprint density at radius 1 is 0.960 bits per heavy atom. The van der Waals surface area contributed by atoms with E-state index in [2.05, 4.69) is 20.8 Å². The molecule has 1 heterocycles. The first kappa shape index (κ1) is 16.4. The summed E-state index contributed by atoms with van der Waals surface area (Å²) >= 11 is 0. The summed E-state index contributed by atoms with van der Waals surface area (Å²) in [6.07, 6.45) is 0. The summed E-state index contributed by atoms with van der Waals surface area (Å²) in [7, 11) is 0. The number of hydrogen-bond donors (Lipinski definition) is 2. The van der Waals surface area contributed by atoms with Crippen molar-refractivity contribution in [2.75, 3.05) is 17.2 Å². The van der Waals surface area contributed by atoms with Crippen LogP contribution in [0.15, 0.2) is 66.7 Å². The average Bonchev–Trinajstić information content (AvgIpc) is 2.63. The Bertz CT molecular complexity index is 836. The topological polar surface area (TPSA) is 76.1 Å². The predicted octanol–water partition coefficient (Wildman–Crippen LogP) is 3.55. The van der Waals surface area contributed by atoms with Gasteiger partial charge in [0.05, 0.1) is 0 Å². The van der Waals surface area contributed by atoms with Crippen molar-refractivity contribution >= 4 is 23.2 Å². The SMILES string of the molecule is Cc1cccc(Nc2ccc(NC(=O)COc3ccccc3)nn2)c1. The van der Waals surface area contributed by atoms with Crippen LogP contribution in [0.25, 0.3) is 0 Å². The molecule has 0 radical (unpaired) electrons. The minimum Gasteiger partial charge on any atom is -0.484 e. The Kier molecular flexibility index (Phi) is 5.21. The van der Waals surface area contributed by atoms with E-state index >= 15 is 0 Å². The Balaban J connectivity index is 1.52. The second-order valence-electron chi connectivity index (χ2n) is 5.45. The van der Waals surface area contributed by atoms with Gasteiger partial charge in [-0.1, -0.05) is 30.3 Å². The van der Waals surface area contributed by atoms with Gasteiger partial charge in [0.2, 0.25) is 0 Å². The van der Waals surface area contributed by atoms with Gasteiger partial charge in [0, 0.05) is 5.69 Å². The van der Waals surface area contributed by atoms with Gasteiger partial charge < -0.3 is 15.4 Å². The van der Waals surface area contributed by atoms with Gasteiger partial charge in [0.1, 0.15) is 5.75 Å². The van der Waals surface area contributed by atoms with Gasteiger partial charge in [0.25, 0.3) is 5.91 Å². The summed E-state index contributed by atoms with van der Waals surface area (Å²) in [5.74, 6) is 1.32. The molecular weight excluding hydrogens is 316 g/mol. The lowest BCUT2D eigenvalue weighted by Crippen LogP contribution is -2.21. The molecule has 0 aliphatic heterocycles. The molecule has 2 aromatic carbocycles. The molecular formula is C19H18N4O2. The lowest BCUT2D eigenvalue weighted by atomic mass is 10.2. The van der Waals surface area contributed by atoms with Crippen LogP contribution < -0.4 is 15.4 Å². The summed E-state index contributed by atoms with van der Waals surface area (Å²) < 4.78 is 5.38. The fourth-order valence-electron chi connectivity index (χ4n) is 2.18. The normalized spacial score (nSPS) is 10.1. The number of carbonyl (C=O) groups excluding carboxylic acids is 1. The zero-order valence-electron chi connectivity index (χ0n) is 13.8.